The smallest absolute Gasteiger partial charge is 0.137 e. The Kier molecular flexibility index (Phi) is 1.87. The van der Waals surface area contributed by atoms with Gasteiger partial charge in [-0.3, -0.25) is 0 Å². The van der Waals surface area contributed by atoms with Crippen molar-refractivity contribution >= 4 is 5.82 Å². The van der Waals surface area contributed by atoms with Crippen molar-refractivity contribution in [3.8, 4) is 5.75 Å². The Hall–Kier alpha value is -1.25. The fourth-order valence-electron chi connectivity index (χ4n) is 1.09. The van der Waals surface area contributed by atoms with Crippen LogP contribution in [0.25, 0.3) is 0 Å². The molecule has 0 unspecified atom stereocenters. The molecule has 0 atom stereocenters. The van der Waals surface area contributed by atoms with Gasteiger partial charge in [0, 0.05) is 5.41 Å². The molecule has 0 saturated heterocycles. The number of hydrogen-bond acceptors (Lipinski definition) is 3. The van der Waals surface area contributed by atoms with E-state index < -0.39 is 0 Å². The summed E-state index contributed by atoms with van der Waals surface area (Å²) in [5, 5.41) is 0. The third kappa shape index (κ3) is 2.11. The van der Waals surface area contributed by atoms with Gasteiger partial charge in [0.15, 0.2) is 0 Å². The number of aromatic nitrogens is 1. The van der Waals surface area contributed by atoms with Gasteiger partial charge >= 0.3 is 0 Å². The Morgan fingerprint density at radius 1 is 1.54 bits per heavy atom. The largest absolute Gasteiger partial charge is 0.491 e. The third-order valence-electron chi connectivity index (χ3n) is 2.45. The lowest BCUT2D eigenvalue weighted by Crippen LogP contribution is -2.08. The van der Waals surface area contributed by atoms with E-state index >= 15 is 0 Å². The molecule has 0 amide bonds. The van der Waals surface area contributed by atoms with E-state index in [1.807, 2.05) is 6.07 Å². The molecule has 0 radical (unpaired) electrons. The Bertz CT molecular complexity index is 290. The van der Waals surface area contributed by atoms with Crippen LogP contribution in [0.4, 0.5) is 5.82 Å². The van der Waals surface area contributed by atoms with Crippen molar-refractivity contribution in [1.82, 2.24) is 4.98 Å². The van der Waals surface area contributed by atoms with E-state index in [1.165, 1.54) is 12.8 Å². The summed E-state index contributed by atoms with van der Waals surface area (Å²) in [6.45, 7) is 3.02. The topological polar surface area (TPSA) is 48.1 Å². The molecule has 1 aliphatic carbocycles. The summed E-state index contributed by atoms with van der Waals surface area (Å²) in [5.41, 5.74) is 5.87. The minimum absolute atomic E-state index is 0.418. The average molecular weight is 178 g/mol. The molecule has 0 spiro atoms. The minimum Gasteiger partial charge on any atom is -0.491 e. The average Bonchev–Trinajstić information content (AvgIpc) is 2.84. The van der Waals surface area contributed by atoms with E-state index in [1.54, 1.807) is 12.3 Å². The zero-order valence-corrected chi connectivity index (χ0v) is 7.79. The molecule has 0 bridgehead atoms. The van der Waals surface area contributed by atoms with Crippen molar-refractivity contribution < 1.29 is 4.74 Å². The second-order valence-corrected chi connectivity index (χ2v) is 4.02. The number of ether oxygens (including phenoxy) is 1. The van der Waals surface area contributed by atoms with Crippen molar-refractivity contribution in [2.75, 3.05) is 12.3 Å². The standard InChI is InChI=1S/C10H14N2O/c1-10(4-5-10)7-13-8-2-3-9(11)12-6-8/h2-3,6H,4-5,7H2,1H3,(H2,11,12). The van der Waals surface area contributed by atoms with Gasteiger partial charge in [0.1, 0.15) is 11.6 Å². The van der Waals surface area contributed by atoms with Crippen LogP contribution in [0.1, 0.15) is 19.8 Å². The fraction of sp³-hybridized carbons (Fsp3) is 0.500. The number of anilines is 1. The highest BCUT2D eigenvalue weighted by Gasteiger charge is 2.38. The second kappa shape index (κ2) is 2.91. The number of pyridine rings is 1. The first-order valence-corrected chi connectivity index (χ1v) is 4.52. The van der Waals surface area contributed by atoms with E-state index in [2.05, 4.69) is 11.9 Å². The van der Waals surface area contributed by atoms with Gasteiger partial charge < -0.3 is 10.5 Å². The maximum atomic E-state index is 5.57. The molecule has 1 heterocycles. The molecular weight excluding hydrogens is 164 g/mol. The van der Waals surface area contributed by atoms with Gasteiger partial charge in [-0.25, -0.2) is 4.98 Å². The lowest BCUT2D eigenvalue weighted by molar-refractivity contribution is 0.246. The van der Waals surface area contributed by atoms with E-state index in [-0.39, 0.29) is 0 Å². The third-order valence-corrected chi connectivity index (χ3v) is 2.45. The van der Waals surface area contributed by atoms with E-state index in [9.17, 15) is 0 Å². The Morgan fingerprint density at radius 2 is 2.31 bits per heavy atom. The molecule has 3 nitrogen and oxygen atoms in total. The molecule has 1 aromatic heterocycles. The number of nitrogens with two attached hydrogens (primary N) is 1. The summed E-state index contributed by atoms with van der Waals surface area (Å²) < 4.78 is 5.57. The maximum absolute atomic E-state index is 5.57. The van der Waals surface area contributed by atoms with Gasteiger partial charge in [-0.15, -0.1) is 0 Å². The van der Waals surface area contributed by atoms with Crippen LogP contribution >= 0.6 is 0 Å². The van der Waals surface area contributed by atoms with Crippen molar-refractivity contribution in [3.05, 3.63) is 18.3 Å². The van der Waals surface area contributed by atoms with Gasteiger partial charge in [-0.05, 0) is 25.0 Å². The summed E-state index contributed by atoms with van der Waals surface area (Å²) in [6.07, 6.45) is 4.21. The monoisotopic (exact) mass is 178 g/mol. The normalized spacial score (nSPS) is 18.2. The summed E-state index contributed by atoms with van der Waals surface area (Å²) in [6, 6.07) is 3.61. The number of nitrogen functional groups attached to an aromatic ring is 1. The van der Waals surface area contributed by atoms with E-state index in [0.717, 1.165) is 12.4 Å². The summed E-state index contributed by atoms with van der Waals surface area (Å²) in [5.74, 6) is 1.34. The number of rotatable bonds is 3. The van der Waals surface area contributed by atoms with Crippen LogP contribution in [0, 0.1) is 5.41 Å². The van der Waals surface area contributed by atoms with Gasteiger partial charge in [0.05, 0.1) is 12.8 Å². The van der Waals surface area contributed by atoms with E-state index in [0.29, 0.717) is 11.2 Å². The van der Waals surface area contributed by atoms with Gasteiger partial charge in [-0.2, -0.15) is 0 Å². The quantitative estimate of drug-likeness (QED) is 0.768. The minimum atomic E-state index is 0.418. The van der Waals surface area contributed by atoms with Crippen LogP contribution in [0.3, 0.4) is 0 Å². The lowest BCUT2D eigenvalue weighted by Gasteiger charge is -2.10. The molecule has 0 aliphatic heterocycles. The van der Waals surface area contributed by atoms with Crippen LogP contribution in [0.5, 0.6) is 5.75 Å². The van der Waals surface area contributed by atoms with Gasteiger partial charge in [0.25, 0.3) is 0 Å². The number of hydrogen-bond donors (Lipinski definition) is 1. The van der Waals surface area contributed by atoms with Crippen molar-refractivity contribution in [2.24, 2.45) is 5.41 Å². The second-order valence-electron chi connectivity index (χ2n) is 4.02. The molecule has 1 aromatic rings. The van der Waals surface area contributed by atoms with Crippen molar-refractivity contribution in [3.63, 3.8) is 0 Å². The first-order valence-electron chi connectivity index (χ1n) is 4.52. The van der Waals surface area contributed by atoms with Crippen LogP contribution in [-0.4, -0.2) is 11.6 Å². The van der Waals surface area contributed by atoms with E-state index in [4.69, 9.17) is 10.5 Å². The Morgan fingerprint density at radius 3 is 2.85 bits per heavy atom. The summed E-state index contributed by atoms with van der Waals surface area (Å²) in [4.78, 5) is 3.95. The molecule has 1 fully saturated rings. The highest BCUT2D eigenvalue weighted by atomic mass is 16.5. The molecule has 1 saturated carbocycles. The molecule has 2 N–H and O–H groups in total. The van der Waals surface area contributed by atoms with Crippen LogP contribution in [0.15, 0.2) is 18.3 Å². The van der Waals surface area contributed by atoms with Crippen molar-refractivity contribution in [2.45, 2.75) is 19.8 Å². The summed E-state index contributed by atoms with van der Waals surface area (Å²) >= 11 is 0. The van der Waals surface area contributed by atoms with Crippen molar-refractivity contribution in [1.29, 1.82) is 0 Å². The zero-order chi connectivity index (χ0) is 9.31. The molecule has 13 heavy (non-hydrogen) atoms. The highest BCUT2D eigenvalue weighted by molar-refractivity contribution is 5.32. The SMILES string of the molecule is CC1(COc2ccc(N)nc2)CC1. The predicted molar refractivity (Wildman–Crippen MR) is 51.5 cm³/mol. The first-order chi connectivity index (χ1) is 6.18. The number of nitrogens with zero attached hydrogens (tertiary/aromatic N) is 1. The predicted octanol–water partition coefficient (Wildman–Crippen LogP) is 1.84. The molecule has 0 aromatic carbocycles. The molecule has 3 heteroatoms. The molecule has 1 aliphatic rings. The fourth-order valence-corrected chi connectivity index (χ4v) is 1.09. The van der Waals surface area contributed by atoms with Crippen LogP contribution in [-0.2, 0) is 0 Å². The Balaban J connectivity index is 1.91. The first kappa shape index (κ1) is 8.35. The summed E-state index contributed by atoms with van der Waals surface area (Å²) in [7, 11) is 0. The zero-order valence-electron chi connectivity index (χ0n) is 7.79. The molecule has 70 valence electrons. The maximum Gasteiger partial charge on any atom is 0.137 e. The molecule has 2 rings (SSSR count). The van der Waals surface area contributed by atoms with Gasteiger partial charge in [-0.1, -0.05) is 6.92 Å². The Labute approximate surface area is 77.9 Å². The van der Waals surface area contributed by atoms with Crippen LogP contribution < -0.4 is 10.5 Å². The lowest BCUT2D eigenvalue weighted by atomic mass is 10.2. The highest BCUT2D eigenvalue weighted by Crippen LogP contribution is 2.44. The van der Waals surface area contributed by atoms with Crippen LogP contribution in [0.2, 0.25) is 0 Å². The molecular formula is C10H14N2O. The van der Waals surface area contributed by atoms with Gasteiger partial charge in [0.2, 0.25) is 0 Å².